The Morgan fingerprint density at radius 2 is 1.75 bits per heavy atom. The van der Waals surface area contributed by atoms with Gasteiger partial charge in [-0.15, -0.1) is 0 Å². The molecule has 0 saturated carbocycles. The Hall–Kier alpha value is -2.37. The summed E-state index contributed by atoms with van der Waals surface area (Å²) in [6, 6.07) is 7.12. The van der Waals surface area contributed by atoms with Crippen LogP contribution in [0.15, 0.2) is 29.4 Å². The van der Waals surface area contributed by atoms with Crippen LogP contribution in [-0.4, -0.2) is 30.7 Å². The van der Waals surface area contributed by atoms with Gasteiger partial charge in [0.2, 0.25) is 0 Å². The zero-order chi connectivity index (χ0) is 15.1. The zero-order valence-corrected chi connectivity index (χ0v) is 12.1. The van der Waals surface area contributed by atoms with Gasteiger partial charge in [0.05, 0.1) is 12.8 Å². The molecule has 0 spiro atoms. The molecule has 0 aliphatic carbocycles. The van der Waals surface area contributed by atoms with Gasteiger partial charge in [-0.2, -0.15) is 5.10 Å². The van der Waals surface area contributed by atoms with Gasteiger partial charge in [0.25, 0.3) is 0 Å². The van der Waals surface area contributed by atoms with Crippen LogP contribution < -0.4 is 15.5 Å². The second-order valence-electron chi connectivity index (χ2n) is 4.49. The van der Waals surface area contributed by atoms with Gasteiger partial charge in [0.1, 0.15) is 5.75 Å². The summed E-state index contributed by atoms with van der Waals surface area (Å²) < 4.78 is 5.05. The molecule has 0 saturated heterocycles. The molecule has 20 heavy (non-hydrogen) atoms. The minimum absolute atomic E-state index is 0.0973. The Balaban J connectivity index is 2.64. The predicted octanol–water partition coefficient (Wildman–Crippen LogP) is 1.06. The number of methoxy groups -OCH3 is 1. The maximum atomic E-state index is 11.5. The molecule has 0 radical (unpaired) electrons. The van der Waals surface area contributed by atoms with Crippen LogP contribution in [0, 0.1) is 0 Å². The average molecular weight is 277 g/mol. The number of ether oxygens (including phenoxy) is 1. The van der Waals surface area contributed by atoms with E-state index in [4.69, 9.17) is 4.74 Å². The molecule has 2 N–H and O–H groups in total. The highest BCUT2D eigenvalue weighted by Crippen LogP contribution is 2.11. The van der Waals surface area contributed by atoms with Crippen molar-refractivity contribution in [3.05, 3.63) is 29.8 Å². The van der Waals surface area contributed by atoms with Crippen LogP contribution in [0.3, 0.4) is 0 Å². The van der Waals surface area contributed by atoms with Gasteiger partial charge in [-0.1, -0.05) is 0 Å². The lowest BCUT2D eigenvalue weighted by molar-refractivity contribution is -0.139. The number of carbonyl (C=O) groups is 2. The summed E-state index contributed by atoms with van der Waals surface area (Å²) in [5, 5.41) is 6.38. The molecule has 6 heteroatoms. The van der Waals surface area contributed by atoms with Crippen molar-refractivity contribution < 1.29 is 14.3 Å². The van der Waals surface area contributed by atoms with Crippen LogP contribution in [0.1, 0.15) is 26.3 Å². The second kappa shape index (κ2) is 7.28. The Morgan fingerprint density at radius 3 is 2.25 bits per heavy atom. The largest absolute Gasteiger partial charge is 0.497 e. The molecule has 0 aliphatic heterocycles. The highest BCUT2D eigenvalue weighted by Gasteiger charge is 2.13. The summed E-state index contributed by atoms with van der Waals surface area (Å²) in [7, 11) is 1.59. The first kappa shape index (κ1) is 15.7. The number of hydrogen-bond donors (Lipinski definition) is 2. The normalized spacial score (nSPS) is 11.2. The molecule has 0 aliphatic rings. The summed E-state index contributed by atoms with van der Waals surface area (Å²) in [6.45, 7) is 5.29. The molecule has 1 aromatic rings. The zero-order valence-electron chi connectivity index (χ0n) is 12.1. The monoisotopic (exact) mass is 277 g/mol. The summed E-state index contributed by atoms with van der Waals surface area (Å²) in [5.74, 6) is -0.750. The van der Waals surface area contributed by atoms with Crippen LogP contribution in [0.5, 0.6) is 5.75 Å². The van der Waals surface area contributed by atoms with E-state index < -0.39 is 11.8 Å². The molecule has 1 rings (SSSR count). The van der Waals surface area contributed by atoms with Crippen molar-refractivity contribution in [3.8, 4) is 5.75 Å². The van der Waals surface area contributed by atoms with Crippen molar-refractivity contribution in [2.75, 3.05) is 7.11 Å². The lowest BCUT2D eigenvalue weighted by atomic mass is 10.1. The van der Waals surface area contributed by atoms with E-state index >= 15 is 0 Å². The second-order valence-corrected chi connectivity index (χ2v) is 4.49. The molecule has 0 atom stereocenters. The van der Waals surface area contributed by atoms with Crippen LogP contribution in [0.2, 0.25) is 0 Å². The number of hydrazone groups is 1. The van der Waals surface area contributed by atoms with Gasteiger partial charge in [-0.05, 0) is 50.6 Å². The number of hydrogen-bond acceptors (Lipinski definition) is 4. The molecular weight excluding hydrogens is 258 g/mol. The standard InChI is InChI=1S/C14H19N3O3/c1-9(2)15-13(18)14(19)17-16-10(3)11-5-7-12(20-4)8-6-11/h5-9H,1-4H3,(H,15,18)(H,17,19)/b16-10-. The predicted molar refractivity (Wildman–Crippen MR) is 76.6 cm³/mol. The minimum Gasteiger partial charge on any atom is -0.497 e. The summed E-state index contributed by atoms with van der Waals surface area (Å²) in [4.78, 5) is 22.8. The van der Waals surface area contributed by atoms with Crippen molar-refractivity contribution in [3.63, 3.8) is 0 Å². The van der Waals surface area contributed by atoms with Gasteiger partial charge in [-0.25, -0.2) is 5.43 Å². The Morgan fingerprint density at radius 1 is 1.15 bits per heavy atom. The van der Waals surface area contributed by atoms with Crippen molar-refractivity contribution in [2.45, 2.75) is 26.8 Å². The van der Waals surface area contributed by atoms with Crippen LogP contribution in [0.4, 0.5) is 0 Å². The van der Waals surface area contributed by atoms with Gasteiger partial charge in [-0.3, -0.25) is 9.59 Å². The molecule has 0 heterocycles. The molecule has 6 nitrogen and oxygen atoms in total. The lowest BCUT2D eigenvalue weighted by Gasteiger charge is -2.07. The fourth-order valence-corrected chi connectivity index (χ4v) is 1.41. The fraction of sp³-hybridized carbons (Fsp3) is 0.357. The summed E-state index contributed by atoms with van der Waals surface area (Å²) >= 11 is 0. The molecule has 0 fully saturated rings. The third kappa shape index (κ3) is 4.72. The van der Waals surface area contributed by atoms with E-state index in [1.54, 1.807) is 40.0 Å². The number of benzene rings is 1. The first-order chi connectivity index (χ1) is 9.43. The smallest absolute Gasteiger partial charge is 0.329 e. The van der Waals surface area contributed by atoms with E-state index in [0.29, 0.717) is 5.71 Å². The minimum atomic E-state index is -0.786. The first-order valence-electron chi connectivity index (χ1n) is 6.23. The number of nitrogens with zero attached hydrogens (tertiary/aromatic N) is 1. The Bertz CT molecular complexity index is 507. The highest BCUT2D eigenvalue weighted by molar-refractivity contribution is 6.35. The fourth-order valence-electron chi connectivity index (χ4n) is 1.41. The van der Waals surface area contributed by atoms with E-state index in [0.717, 1.165) is 11.3 Å². The van der Waals surface area contributed by atoms with Gasteiger partial charge >= 0.3 is 11.8 Å². The number of carbonyl (C=O) groups excluding carboxylic acids is 2. The molecule has 108 valence electrons. The van der Waals surface area contributed by atoms with Gasteiger partial charge < -0.3 is 10.1 Å². The van der Waals surface area contributed by atoms with E-state index in [1.165, 1.54) is 0 Å². The molecule has 0 bridgehead atoms. The summed E-state index contributed by atoms with van der Waals surface area (Å²) in [5.41, 5.74) is 3.65. The van der Waals surface area contributed by atoms with Crippen molar-refractivity contribution >= 4 is 17.5 Å². The third-order valence-corrected chi connectivity index (χ3v) is 2.46. The topological polar surface area (TPSA) is 79.8 Å². The number of nitrogens with one attached hydrogen (secondary N) is 2. The number of amides is 2. The van der Waals surface area contributed by atoms with E-state index in [9.17, 15) is 9.59 Å². The van der Waals surface area contributed by atoms with Gasteiger partial charge in [0, 0.05) is 6.04 Å². The molecule has 2 amide bonds. The highest BCUT2D eigenvalue weighted by atomic mass is 16.5. The Labute approximate surface area is 118 Å². The SMILES string of the molecule is COc1ccc(/C(C)=N\NC(=O)C(=O)NC(C)C)cc1. The van der Waals surface area contributed by atoms with Crippen molar-refractivity contribution in [1.29, 1.82) is 0 Å². The molecule has 0 unspecified atom stereocenters. The number of rotatable bonds is 4. The van der Waals surface area contributed by atoms with Crippen LogP contribution in [0.25, 0.3) is 0 Å². The maximum absolute atomic E-state index is 11.5. The first-order valence-corrected chi connectivity index (χ1v) is 6.23. The Kier molecular flexibility index (Phi) is 5.71. The van der Waals surface area contributed by atoms with E-state index in [1.807, 2.05) is 12.1 Å². The van der Waals surface area contributed by atoms with Gasteiger partial charge in [0.15, 0.2) is 0 Å². The molecule has 1 aromatic carbocycles. The third-order valence-electron chi connectivity index (χ3n) is 2.46. The van der Waals surface area contributed by atoms with Crippen molar-refractivity contribution in [2.24, 2.45) is 5.10 Å². The molecule has 0 aromatic heterocycles. The molecular formula is C14H19N3O3. The van der Waals surface area contributed by atoms with E-state index in [2.05, 4.69) is 15.8 Å². The van der Waals surface area contributed by atoms with E-state index in [-0.39, 0.29) is 6.04 Å². The maximum Gasteiger partial charge on any atom is 0.329 e. The average Bonchev–Trinajstić information content (AvgIpc) is 2.43. The quantitative estimate of drug-likeness (QED) is 0.490. The lowest BCUT2D eigenvalue weighted by Crippen LogP contribution is -2.41. The summed E-state index contributed by atoms with van der Waals surface area (Å²) in [6.07, 6.45) is 0. The van der Waals surface area contributed by atoms with Crippen LogP contribution >= 0.6 is 0 Å². The van der Waals surface area contributed by atoms with Crippen molar-refractivity contribution in [1.82, 2.24) is 10.7 Å². The van der Waals surface area contributed by atoms with Crippen LogP contribution in [-0.2, 0) is 9.59 Å².